The van der Waals surface area contributed by atoms with Crippen molar-refractivity contribution >= 4 is 5.91 Å². The van der Waals surface area contributed by atoms with Gasteiger partial charge in [0.05, 0.1) is 0 Å². The van der Waals surface area contributed by atoms with E-state index in [9.17, 15) is 4.79 Å². The van der Waals surface area contributed by atoms with Gasteiger partial charge in [0.2, 0.25) is 5.91 Å². The normalized spacial score (nSPS) is 35.6. The van der Waals surface area contributed by atoms with Crippen LogP contribution in [-0.2, 0) is 4.79 Å². The van der Waals surface area contributed by atoms with E-state index < -0.39 is 0 Å². The molecule has 2 aliphatic heterocycles. The summed E-state index contributed by atoms with van der Waals surface area (Å²) >= 11 is 0. The first-order valence-electron chi connectivity index (χ1n) is 8.51. The average molecular weight is 279 g/mol. The Balaban J connectivity index is 1.60. The van der Waals surface area contributed by atoms with E-state index in [2.05, 4.69) is 9.80 Å². The molecular weight excluding hydrogens is 250 g/mol. The van der Waals surface area contributed by atoms with Gasteiger partial charge in [-0.2, -0.15) is 0 Å². The maximum absolute atomic E-state index is 12.8. The summed E-state index contributed by atoms with van der Waals surface area (Å²) in [7, 11) is 0. The molecule has 0 aromatic heterocycles. The van der Waals surface area contributed by atoms with Crippen LogP contribution >= 0.6 is 0 Å². The molecule has 4 heteroatoms. The highest BCUT2D eigenvalue weighted by atomic mass is 16.2. The van der Waals surface area contributed by atoms with Gasteiger partial charge in [0.25, 0.3) is 0 Å². The molecule has 0 aromatic carbocycles. The molecule has 0 spiro atoms. The SMILES string of the molecule is NCC1CCCC(C(=O)N2CCCN3CCCC3C2)C1. The molecule has 1 aliphatic carbocycles. The molecule has 3 fully saturated rings. The van der Waals surface area contributed by atoms with Gasteiger partial charge in [-0.05, 0) is 57.5 Å². The molecule has 3 unspecified atom stereocenters. The van der Waals surface area contributed by atoms with Crippen molar-refractivity contribution in [3.63, 3.8) is 0 Å². The summed E-state index contributed by atoms with van der Waals surface area (Å²) in [6.07, 6.45) is 8.25. The lowest BCUT2D eigenvalue weighted by atomic mass is 9.80. The number of fused-ring (bicyclic) bond motifs is 1. The number of nitrogens with zero attached hydrogens (tertiary/aromatic N) is 2. The maximum Gasteiger partial charge on any atom is 0.225 e. The van der Waals surface area contributed by atoms with Crippen LogP contribution in [0.2, 0.25) is 0 Å². The predicted octanol–water partition coefficient (Wildman–Crippen LogP) is 1.45. The molecule has 0 bridgehead atoms. The van der Waals surface area contributed by atoms with Crippen LogP contribution in [0.4, 0.5) is 0 Å². The number of carbonyl (C=O) groups is 1. The first kappa shape index (κ1) is 14.3. The van der Waals surface area contributed by atoms with E-state index in [0.717, 1.165) is 38.9 Å². The van der Waals surface area contributed by atoms with E-state index in [1.54, 1.807) is 0 Å². The molecule has 3 rings (SSSR count). The third-order valence-corrected chi connectivity index (χ3v) is 5.58. The Morgan fingerprint density at radius 3 is 2.75 bits per heavy atom. The van der Waals surface area contributed by atoms with Crippen LogP contribution in [0.25, 0.3) is 0 Å². The average Bonchev–Trinajstić information content (AvgIpc) is 2.83. The van der Waals surface area contributed by atoms with Crippen LogP contribution < -0.4 is 5.73 Å². The zero-order chi connectivity index (χ0) is 13.9. The van der Waals surface area contributed by atoms with E-state index in [4.69, 9.17) is 5.73 Å². The number of nitrogens with two attached hydrogens (primary N) is 1. The number of carbonyl (C=O) groups excluding carboxylic acids is 1. The second-order valence-corrected chi connectivity index (χ2v) is 6.94. The van der Waals surface area contributed by atoms with Crippen molar-refractivity contribution < 1.29 is 4.79 Å². The molecule has 20 heavy (non-hydrogen) atoms. The van der Waals surface area contributed by atoms with Crippen molar-refractivity contribution in [3.05, 3.63) is 0 Å². The van der Waals surface area contributed by atoms with E-state index in [0.29, 0.717) is 17.9 Å². The highest BCUT2D eigenvalue weighted by molar-refractivity contribution is 5.79. The molecule has 2 N–H and O–H groups in total. The molecule has 1 saturated carbocycles. The minimum Gasteiger partial charge on any atom is -0.341 e. The van der Waals surface area contributed by atoms with Gasteiger partial charge in [-0.25, -0.2) is 0 Å². The lowest BCUT2D eigenvalue weighted by Gasteiger charge is -2.33. The van der Waals surface area contributed by atoms with E-state index in [1.165, 1.54) is 38.8 Å². The van der Waals surface area contributed by atoms with E-state index >= 15 is 0 Å². The standard InChI is InChI=1S/C16H29N3O/c17-11-13-4-1-5-14(10-13)16(20)19-9-3-8-18-7-2-6-15(18)12-19/h13-15H,1-12,17H2. The highest BCUT2D eigenvalue weighted by Gasteiger charge is 2.34. The first-order chi connectivity index (χ1) is 9.78. The molecule has 2 saturated heterocycles. The number of hydrogen-bond donors (Lipinski definition) is 1. The molecule has 1 amide bonds. The zero-order valence-electron chi connectivity index (χ0n) is 12.6. The van der Waals surface area contributed by atoms with Gasteiger partial charge in [-0.3, -0.25) is 9.69 Å². The smallest absolute Gasteiger partial charge is 0.225 e. The summed E-state index contributed by atoms with van der Waals surface area (Å²) in [5.74, 6) is 1.26. The Morgan fingerprint density at radius 2 is 1.90 bits per heavy atom. The van der Waals surface area contributed by atoms with Gasteiger partial charge >= 0.3 is 0 Å². The molecule has 4 nitrogen and oxygen atoms in total. The van der Waals surface area contributed by atoms with Gasteiger partial charge in [0, 0.05) is 31.6 Å². The quantitative estimate of drug-likeness (QED) is 0.832. The summed E-state index contributed by atoms with van der Waals surface area (Å²) < 4.78 is 0. The van der Waals surface area contributed by atoms with Crippen molar-refractivity contribution in [1.82, 2.24) is 9.80 Å². The lowest BCUT2D eigenvalue weighted by Crippen LogP contribution is -2.43. The molecule has 0 aromatic rings. The minimum absolute atomic E-state index is 0.255. The molecule has 114 valence electrons. The van der Waals surface area contributed by atoms with Crippen molar-refractivity contribution in [2.24, 2.45) is 17.6 Å². The van der Waals surface area contributed by atoms with E-state index in [-0.39, 0.29) is 5.92 Å². The fraction of sp³-hybridized carbons (Fsp3) is 0.938. The Hall–Kier alpha value is -0.610. The van der Waals surface area contributed by atoms with Gasteiger partial charge in [-0.15, -0.1) is 0 Å². The lowest BCUT2D eigenvalue weighted by molar-refractivity contribution is -0.137. The third kappa shape index (κ3) is 3.01. The second kappa shape index (κ2) is 6.44. The van der Waals surface area contributed by atoms with Crippen molar-refractivity contribution in [1.29, 1.82) is 0 Å². The minimum atomic E-state index is 0.255. The van der Waals surface area contributed by atoms with Crippen molar-refractivity contribution in [2.75, 3.05) is 32.7 Å². The van der Waals surface area contributed by atoms with Crippen LogP contribution in [0.5, 0.6) is 0 Å². The number of hydrogen-bond acceptors (Lipinski definition) is 3. The van der Waals surface area contributed by atoms with Crippen LogP contribution in [0.1, 0.15) is 44.9 Å². The van der Waals surface area contributed by atoms with Gasteiger partial charge < -0.3 is 10.6 Å². The van der Waals surface area contributed by atoms with Gasteiger partial charge in [0.1, 0.15) is 0 Å². The molecule has 0 radical (unpaired) electrons. The van der Waals surface area contributed by atoms with Crippen LogP contribution in [0, 0.1) is 11.8 Å². The predicted molar refractivity (Wildman–Crippen MR) is 80.3 cm³/mol. The fourth-order valence-corrected chi connectivity index (χ4v) is 4.39. The molecule has 2 heterocycles. The molecule has 3 aliphatic rings. The summed E-state index contributed by atoms with van der Waals surface area (Å²) in [6, 6.07) is 0.635. The van der Waals surface area contributed by atoms with E-state index in [1.807, 2.05) is 0 Å². The number of rotatable bonds is 2. The Morgan fingerprint density at radius 1 is 1.05 bits per heavy atom. The van der Waals surface area contributed by atoms with Crippen LogP contribution in [0.3, 0.4) is 0 Å². The Labute approximate surface area is 122 Å². The summed E-state index contributed by atoms with van der Waals surface area (Å²) in [6.45, 7) is 5.12. The monoisotopic (exact) mass is 279 g/mol. The van der Waals surface area contributed by atoms with Crippen molar-refractivity contribution in [3.8, 4) is 0 Å². The number of amides is 1. The highest BCUT2D eigenvalue weighted by Crippen LogP contribution is 2.31. The molecule has 3 atom stereocenters. The van der Waals surface area contributed by atoms with Crippen LogP contribution in [-0.4, -0.2) is 54.5 Å². The summed E-state index contributed by atoms with van der Waals surface area (Å²) in [5, 5.41) is 0. The maximum atomic E-state index is 12.8. The Kier molecular flexibility index (Phi) is 4.61. The van der Waals surface area contributed by atoms with Gasteiger partial charge in [0.15, 0.2) is 0 Å². The first-order valence-corrected chi connectivity index (χ1v) is 8.51. The zero-order valence-corrected chi connectivity index (χ0v) is 12.6. The largest absolute Gasteiger partial charge is 0.341 e. The topological polar surface area (TPSA) is 49.6 Å². The Bertz CT molecular complexity index is 347. The van der Waals surface area contributed by atoms with Gasteiger partial charge in [-0.1, -0.05) is 6.42 Å². The molecular formula is C16H29N3O. The van der Waals surface area contributed by atoms with Crippen LogP contribution in [0.15, 0.2) is 0 Å². The summed E-state index contributed by atoms with van der Waals surface area (Å²) in [5.41, 5.74) is 5.81. The summed E-state index contributed by atoms with van der Waals surface area (Å²) in [4.78, 5) is 17.6. The third-order valence-electron chi connectivity index (χ3n) is 5.58. The second-order valence-electron chi connectivity index (χ2n) is 6.94. The van der Waals surface area contributed by atoms with Crippen molar-refractivity contribution in [2.45, 2.75) is 51.0 Å². The fourth-order valence-electron chi connectivity index (χ4n) is 4.39.